The van der Waals surface area contributed by atoms with Gasteiger partial charge in [0.15, 0.2) is 5.82 Å². The highest BCUT2D eigenvalue weighted by Gasteiger charge is 2.39. The fourth-order valence-electron chi connectivity index (χ4n) is 4.70. The summed E-state index contributed by atoms with van der Waals surface area (Å²) in [6, 6.07) is -0.127. The van der Waals surface area contributed by atoms with Crippen LogP contribution in [0.2, 0.25) is 0 Å². The van der Waals surface area contributed by atoms with Crippen molar-refractivity contribution in [3.05, 3.63) is 23.3 Å². The van der Waals surface area contributed by atoms with Gasteiger partial charge >= 0.3 is 0 Å². The van der Waals surface area contributed by atoms with Gasteiger partial charge in [0.05, 0.1) is 17.7 Å². The van der Waals surface area contributed by atoms with Crippen LogP contribution in [0.4, 0.5) is 0 Å². The lowest BCUT2D eigenvalue weighted by atomic mass is 9.97. The molecule has 0 saturated carbocycles. The number of rotatable bonds is 3. The van der Waals surface area contributed by atoms with Crippen LogP contribution in [0.3, 0.4) is 0 Å². The van der Waals surface area contributed by atoms with Gasteiger partial charge in [0.2, 0.25) is 17.7 Å². The van der Waals surface area contributed by atoms with Crippen molar-refractivity contribution in [2.24, 2.45) is 5.92 Å². The second-order valence-corrected chi connectivity index (χ2v) is 8.27. The number of carbonyl (C=O) groups is 3. The monoisotopic (exact) mass is 399 g/mol. The number of likely N-dealkylation sites (tertiary alicyclic amines) is 2. The average molecular weight is 399 g/mol. The lowest BCUT2D eigenvalue weighted by Gasteiger charge is -2.37. The van der Waals surface area contributed by atoms with Crippen molar-refractivity contribution >= 4 is 17.7 Å². The van der Waals surface area contributed by atoms with E-state index >= 15 is 0 Å². The van der Waals surface area contributed by atoms with Gasteiger partial charge in [-0.1, -0.05) is 0 Å². The van der Waals surface area contributed by atoms with E-state index < -0.39 is 0 Å². The summed E-state index contributed by atoms with van der Waals surface area (Å²) in [5.41, 5.74) is 1.97. The summed E-state index contributed by atoms with van der Waals surface area (Å²) in [4.78, 5) is 51.9. The fraction of sp³-hybridized carbons (Fsp3) is 0.667. The molecule has 29 heavy (non-hydrogen) atoms. The van der Waals surface area contributed by atoms with E-state index in [4.69, 9.17) is 4.98 Å². The van der Waals surface area contributed by atoms with Gasteiger partial charge < -0.3 is 14.7 Å². The Morgan fingerprint density at radius 1 is 1.24 bits per heavy atom. The summed E-state index contributed by atoms with van der Waals surface area (Å²) in [6.45, 7) is 6.61. The van der Waals surface area contributed by atoms with Gasteiger partial charge in [-0.05, 0) is 26.2 Å². The van der Waals surface area contributed by atoms with Gasteiger partial charge in [-0.25, -0.2) is 9.97 Å². The third-order valence-corrected chi connectivity index (χ3v) is 6.43. The molecule has 2 saturated heterocycles. The van der Waals surface area contributed by atoms with Crippen LogP contribution in [0.15, 0.2) is 6.20 Å². The van der Waals surface area contributed by atoms with E-state index in [2.05, 4.69) is 4.98 Å². The largest absolute Gasteiger partial charge is 0.342 e. The molecule has 4 rings (SSSR count). The van der Waals surface area contributed by atoms with Crippen LogP contribution in [0.1, 0.15) is 62.7 Å². The van der Waals surface area contributed by atoms with Crippen LogP contribution in [0, 0.1) is 5.92 Å². The van der Waals surface area contributed by atoms with E-state index in [-0.39, 0.29) is 29.7 Å². The van der Waals surface area contributed by atoms with E-state index in [0.717, 1.165) is 30.5 Å². The molecule has 3 amide bonds. The molecule has 0 spiro atoms. The topological polar surface area (TPSA) is 86.7 Å². The van der Waals surface area contributed by atoms with Gasteiger partial charge in [-0.3, -0.25) is 14.4 Å². The molecule has 1 aromatic heterocycles. The highest BCUT2D eigenvalue weighted by atomic mass is 16.2. The molecule has 156 valence electrons. The average Bonchev–Trinajstić information content (AvgIpc) is 3.13. The summed E-state index contributed by atoms with van der Waals surface area (Å²) < 4.78 is 0. The minimum atomic E-state index is -0.259. The molecule has 2 fully saturated rings. The Kier molecular flexibility index (Phi) is 5.52. The zero-order chi connectivity index (χ0) is 20.5. The van der Waals surface area contributed by atoms with E-state index in [1.165, 1.54) is 0 Å². The van der Waals surface area contributed by atoms with Crippen LogP contribution in [-0.4, -0.2) is 68.6 Å². The minimum Gasteiger partial charge on any atom is -0.342 e. The van der Waals surface area contributed by atoms with E-state index in [9.17, 15) is 14.4 Å². The van der Waals surface area contributed by atoms with Gasteiger partial charge in [0.1, 0.15) is 0 Å². The maximum absolute atomic E-state index is 13.2. The number of carbonyl (C=O) groups excluding carboxylic acids is 3. The second kappa shape index (κ2) is 8.08. The molecule has 8 nitrogen and oxygen atoms in total. The van der Waals surface area contributed by atoms with Crippen molar-refractivity contribution in [3.63, 3.8) is 0 Å². The Hall–Kier alpha value is -2.51. The lowest BCUT2D eigenvalue weighted by Crippen LogP contribution is -2.43. The van der Waals surface area contributed by atoms with Crippen LogP contribution in [-0.2, 0) is 27.3 Å². The number of piperidine rings is 1. The Bertz CT molecular complexity index is 827. The summed E-state index contributed by atoms with van der Waals surface area (Å²) in [6.07, 6.45) is 5.70. The molecule has 0 aromatic carbocycles. The van der Waals surface area contributed by atoms with Crippen molar-refractivity contribution in [1.29, 1.82) is 0 Å². The summed E-state index contributed by atoms with van der Waals surface area (Å²) >= 11 is 0. The first-order valence-electron chi connectivity index (χ1n) is 10.7. The first kappa shape index (κ1) is 19.8. The lowest BCUT2D eigenvalue weighted by molar-refractivity contribution is -0.139. The van der Waals surface area contributed by atoms with Crippen LogP contribution >= 0.6 is 0 Å². The Labute approximate surface area is 171 Å². The Morgan fingerprint density at radius 3 is 2.79 bits per heavy atom. The van der Waals surface area contributed by atoms with Gasteiger partial charge in [0, 0.05) is 64.2 Å². The van der Waals surface area contributed by atoms with Crippen molar-refractivity contribution in [3.8, 4) is 0 Å². The molecular weight excluding hydrogens is 370 g/mol. The molecular formula is C21H29N5O3. The molecule has 0 radical (unpaired) electrons. The number of nitrogens with zero attached hydrogens (tertiary/aromatic N) is 5. The second-order valence-electron chi connectivity index (χ2n) is 8.27. The Morgan fingerprint density at radius 2 is 2.07 bits per heavy atom. The van der Waals surface area contributed by atoms with E-state index in [0.29, 0.717) is 51.4 Å². The molecule has 0 bridgehead atoms. The van der Waals surface area contributed by atoms with Gasteiger partial charge in [-0.2, -0.15) is 0 Å². The van der Waals surface area contributed by atoms with E-state index in [1.54, 1.807) is 16.7 Å². The smallest absolute Gasteiger partial charge is 0.228 e. The number of hydrogen-bond acceptors (Lipinski definition) is 5. The molecule has 0 unspecified atom stereocenters. The summed E-state index contributed by atoms with van der Waals surface area (Å²) in [7, 11) is 0. The molecule has 3 aliphatic heterocycles. The molecule has 8 heteroatoms. The van der Waals surface area contributed by atoms with Crippen LogP contribution in [0.5, 0.6) is 0 Å². The third kappa shape index (κ3) is 3.84. The number of hydrogen-bond donors (Lipinski definition) is 0. The van der Waals surface area contributed by atoms with E-state index in [1.807, 2.05) is 18.0 Å². The molecule has 4 heterocycles. The number of aromatic nitrogens is 2. The van der Waals surface area contributed by atoms with Crippen molar-refractivity contribution in [2.75, 3.05) is 26.2 Å². The zero-order valence-corrected chi connectivity index (χ0v) is 17.3. The standard InChI is InChI=1S/C21H29N5O3/c1-3-24-12-15(10-19(24)28)21(29)26-8-5-4-6-18(26)20-22-11-16-13-25(14(2)27)9-7-17(16)23-20/h11,15,18H,3-10,12-13H2,1-2H3/t15-,18-/m1/s1. The van der Waals surface area contributed by atoms with Gasteiger partial charge in [-0.15, -0.1) is 0 Å². The number of amides is 3. The van der Waals surface area contributed by atoms with Crippen molar-refractivity contribution in [1.82, 2.24) is 24.7 Å². The van der Waals surface area contributed by atoms with Crippen LogP contribution in [0.25, 0.3) is 0 Å². The predicted molar refractivity (Wildman–Crippen MR) is 105 cm³/mol. The molecule has 0 N–H and O–H groups in total. The first-order valence-corrected chi connectivity index (χ1v) is 10.7. The highest BCUT2D eigenvalue weighted by molar-refractivity contribution is 5.89. The van der Waals surface area contributed by atoms with Crippen LogP contribution < -0.4 is 0 Å². The third-order valence-electron chi connectivity index (χ3n) is 6.43. The van der Waals surface area contributed by atoms with Crippen molar-refractivity contribution in [2.45, 2.75) is 58.5 Å². The summed E-state index contributed by atoms with van der Waals surface area (Å²) in [5, 5.41) is 0. The SMILES string of the molecule is CCN1C[C@H](C(=O)N2CCCC[C@@H]2c2ncc3c(n2)CCN(C(C)=O)C3)CC1=O. The predicted octanol–water partition coefficient (Wildman–Crippen LogP) is 1.30. The molecule has 2 atom stereocenters. The van der Waals surface area contributed by atoms with Gasteiger partial charge in [0.25, 0.3) is 0 Å². The maximum atomic E-state index is 13.2. The van der Waals surface area contributed by atoms with Crippen molar-refractivity contribution < 1.29 is 14.4 Å². The quantitative estimate of drug-likeness (QED) is 0.765. The fourth-order valence-corrected chi connectivity index (χ4v) is 4.70. The molecule has 1 aromatic rings. The number of fused-ring (bicyclic) bond motifs is 1. The molecule has 0 aliphatic carbocycles. The maximum Gasteiger partial charge on any atom is 0.228 e. The Balaban J connectivity index is 1.53. The highest BCUT2D eigenvalue weighted by Crippen LogP contribution is 2.33. The summed E-state index contributed by atoms with van der Waals surface area (Å²) in [5.74, 6) is 0.633. The normalized spacial score (nSPS) is 24.6. The molecule has 3 aliphatic rings. The zero-order valence-electron chi connectivity index (χ0n) is 17.3. The first-order chi connectivity index (χ1) is 14.0. The minimum absolute atomic E-state index is 0.0584.